The van der Waals surface area contributed by atoms with Gasteiger partial charge in [-0.25, -0.2) is 0 Å². The van der Waals surface area contributed by atoms with Crippen LogP contribution in [0.2, 0.25) is 0 Å². The third kappa shape index (κ3) is 4.10. The SMILES string of the molecule is O=C(C1CNCCN1C(=O)CCc1cccnc1)N1CCOCC1. The number of hydrogen-bond donors (Lipinski definition) is 1. The number of morpholine rings is 1. The Morgan fingerprint density at radius 2 is 2.12 bits per heavy atom. The Balaban J connectivity index is 1.60. The standard InChI is InChI=1S/C17H24N4O3/c22-16(4-3-14-2-1-5-18-12-14)21-7-6-19-13-15(21)17(23)20-8-10-24-11-9-20/h1-2,5,12,15,19H,3-4,6-11,13H2. The van der Waals surface area contributed by atoms with E-state index in [-0.39, 0.29) is 11.8 Å². The highest BCUT2D eigenvalue weighted by molar-refractivity contribution is 5.88. The highest BCUT2D eigenvalue weighted by atomic mass is 16.5. The van der Waals surface area contributed by atoms with Crippen molar-refractivity contribution in [2.24, 2.45) is 0 Å². The normalized spacial score (nSPS) is 21.6. The maximum absolute atomic E-state index is 12.8. The average Bonchev–Trinajstić information content (AvgIpc) is 2.67. The van der Waals surface area contributed by atoms with Crippen LogP contribution in [0.4, 0.5) is 0 Å². The van der Waals surface area contributed by atoms with Crippen molar-refractivity contribution in [3.05, 3.63) is 30.1 Å². The minimum Gasteiger partial charge on any atom is -0.378 e. The summed E-state index contributed by atoms with van der Waals surface area (Å²) in [5.41, 5.74) is 1.04. The van der Waals surface area contributed by atoms with Gasteiger partial charge in [0.2, 0.25) is 11.8 Å². The molecule has 2 fully saturated rings. The van der Waals surface area contributed by atoms with Gasteiger partial charge in [0.15, 0.2) is 0 Å². The molecule has 0 radical (unpaired) electrons. The van der Waals surface area contributed by atoms with Gasteiger partial charge >= 0.3 is 0 Å². The lowest BCUT2D eigenvalue weighted by Crippen LogP contribution is -2.61. The molecule has 1 N–H and O–H groups in total. The van der Waals surface area contributed by atoms with Crippen LogP contribution >= 0.6 is 0 Å². The highest BCUT2D eigenvalue weighted by Crippen LogP contribution is 2.12. The van der Waals surface area contributed by atoms with Gasteiger partial charge in [0, 0.05) is 51.5 Å². The number of aryl methyl sites for hydroxylation is 1. The predicted molar refractivity (Wildman–Crippen MR) is 88.3 cm³/mol. The van der Waals surface area contributed by atoms with Gasteiger partial charge in [-0.3, -0.25) is 14.6 Å². The van der Waals surface area contributed by atoms with Gasteiger partial charge < -0.3 is 19.9 Å². The van der Waals surface area contributed by atoms with Gasteiger partial charge in [0.25, 0.3) is 0 Å². The minimum atomic E-state index is -0.404. The summed E-state index contributed by atoms with van der Waals surface area (Å²) < 4.78 is 5.30. The summed E-state index contributed by atoms with van der Waals surface area (Å²) in [7, 11) is 0. The molecular formula is C17H24N4O3. The second-order valence-electron chi connectivity index (χ2n) is 6.11. The second kappa shape index (κ2) is 8.21. The maximum atomic E-state index is 12.8. The van der Waals surface area contributed by atoms with E-state index in [9.17, 15) is 9.59 Å². The number of ether oxygens (including phenoxy) is 1. The number of piperazine rings is 1. The molecular weight excluding hydrogens is 308 g/mol. The third-order valence-electron chi connectivity index (χ3n) is 4.52. The molecule has 0 saturated carbocycles. The average molecular weight is 332 g/mol. The Labute approximate surface area is 142 Å². The number of amides is 2. The first kappa shape index (κ1) is 16.9. The molecule has 3 rings (SSSR count). The molecule has 2 aliphatic heterocycles. The molecule has 0 aliphatic carbocycles. The van der Waals surface area contributed by atoms with Gasteiger partial charge in [-0.1, -0.05) is 6.07 Å². The van der Waals surface area contributed by atoms with Gasteiger partial charge in [0.1, 0.15) is 6.04 Å². The molecule has 2 amide bonds. The molecule has 7 nitrogen and oxygen atoms in total. The van der Waals surface area contributed by atoms with Crippen molar-refractivity contribution in [3.8, 4) is 0 Å². The van der Waals surface area contributed by atoms with Crippen LogP contribution in [0.25, 0.3) is 0 Å². The number of carbonyl (C=O) groups excluding carboxylic acids is 2. The molecule has 1 unspecified atom stereocenters. The molecule has 3 heterocycles. The number of carbonyl (C=O) groups is 2. The monoisotopic (exact) mass is 332 g/mol. The van der Waals surface area contributed by atoms with E-state index in [1.807, 2.05) is 17.0 Å². The maximum Gasteiger partial charge on any atom is 0.246 e. The molecule has 1 atom stereocenters. The number of aromatic nitrogens is 1. The van der Waals surface area contributed by atoms with Crippen LogP contribution in [0.1, 0.15) is 12.0 Å². The zero-order chi connectivity index (χ0) is 16.8. The first-order valence-electron chi connectivity index (χ1n) is 8.51. The van der Waals surface area contributed by atoms with E-state index < -0.39 is 6.04 Å². The molecule has 24 heavy (non-hydrogen) atoms. The summed E-state index contributed by atoms with van der Waals surface area (Å²) >= 11 is 0. The lowest BCUT2D eigenvalue weighted by molar-refractivity contribution is -0.149. The lowest BCUT2D eigenvalue weighted by atomic mass is 10.1. The molecule has 0 aromatic carbocycles. The Morgan fingerprint density at radius 3 is 2.88 bits per heavy atom. The first-order valence-corrected chi connectivity index (χ1v) is 8.51. The van der Waals surface area contributed by atoms with Crippen molar-refractivity contribution in [2.75, 3.05) is 45.9 Å². The van der Waals surface area contributed by atoms with E-state index in [0.717, 1.165) is 12.1 Å². The predicted octanol–water partition coefficient (Wildman–Crippen LogP) is -0.327. The third-order valence-corrected chi connectivity index (χ3v) is 4.52. The van der Waals surface area contributed by atoms with Crippen LogP contribution in [0.5, 0.6) is 0 Å². The van der Waals surface area contributed by atoms with Crippen molar-refractivity contribution in [1.82, 2.24) is 20.1 Å². The van der Waals surface area contributed by atoms with E-state index in [4.69, 9.17) is 4.74 Å². The van der Waals surface area contributed by atoms with Crippen LogP contribution in [0.3, 0.4) is 0 Å². The molecule has 2 aliphatic rings. The minimum absolute atomic E-state index is 0.0280. The number of pyridine rings is 1. The summed E-state index contributed by atoms with van der Waals surface area (Å²) in [4.78, 5) is 33.0. The largest absolute Gasteiger partial charge is 0.378 e. The van der Waals surface area contributed by atoms with Crippen molar-refractivity contribution >= 4 is 11.8 Å². The topological polar surface area (TPSA) is 74.8 Å². The van der Waals surface area contributed by atoms with E-state index in [0.29, 0.717) is 52.2 Å². The Morgan fingerprint density at radius 1 is 1.29 bits per heavy atom. The molecule has 2 saturated heterocycles. The summed E-state index contributed by atoms with van der Waals surface area (Å²) in [6.45, 7) is 4.18. The zero-order valence-corrected chi connectivity index (χ0v) is 13.8. The smallest absolute Gasteiger partial charge is 0.246 e. The number of nitrogens with one attached hydrogen (secondary N) is 1. The van der Waals surface area contributed by atoms with E-state index in [2.05, 4.69) is 10.3 Å². The Kier molecular flexibility index (Phi) is 5.77. The lowest BCUT2D eigenvalue weighted by Gasteiger charge is -2.39. The van der Waals surface area contributed by atoms with Gasteiger partial charge in [-0.2, -0.15) is 0 Å². The summed E-state index contributed by atoms with van der Waals surface area (Å²) in [5, 5.41) is 3.23. The van der Waals surface area contributed by atoms with Crippen LogP contribution in [-0.2, 0) is 20.7 Å². The molecule has 7 heteroatoms. The molecule has 0 bridgehead atoms. The van der Waals surface area contributed by atoms with Crippen LogP contribution in [0, 0.1) is 0 Å². The Hall–Kier alpha value is -1.99. The fraction of sp³-hybridized carbons (Fsp3) is 0.588. The van der Waals surface area contributed by atoms with Gasteiger partial charge in [-0.05, 0) is 18.1 Å². The molecule has 0 spiro atoms. The fourth-order valence-electron chi connectivity index (χ4n) is 3.16. The van der Waals surface area contributed by atoms with E-state index in [1.54, 1.807) is 17.3 Å². The van der Waals surface area contributed by atoms with Gasteiger partial charge in [-0.15, -0.1) is 0 Å². The zero-order valence-electron chi connectivity index (χ0n) is 13.8. The van der Waals surface area contributed by atoms with E-state index in [1.165, 1.54) is 0 Å². The number of rotatable bonds is 4. The van der Waals surface area contributed by atoms with Crippen LogP contribution in [-0.4, -0.2) is 78.6 Å². The van der Waals surface area contributed by atoms with Gasteiger partial charge in [0.05, 0.1) is 13.2 Å². The van der Waals surface area contributed by atoms with E-state index >= 15 is 0 Å². The summed E-state index contributed by atoms with van der Waals surface area (Å²) in [5.74, 6) is 0.0622. The molecule has 1 aromatic rings. The van der Waals surface area contributed by atoms with Crippen molar-refractivity contribution in [3.63, 3.8) is 0 Å². The summed E-state index contributed by atoms with van der Waals surface area (Å²) in [6.07, 6.45) is 4.55. The number of hydrogen-bond acceptors (Lipinski definition) is 5. The Bertz CT molecular complexity index is 560. The van der Waals surface area contributed by atoms with Crippen LogP contribution < -0.4 is 5.32 Å². The van der Waals surface area contributed by atoms with Crippen molar-refractivity contribution < 1.29 is 14.3 Å². The number of nitrogens with zero attached hydrogens (tertiary/aromatic N) is 3. The molecule has 1 aromatic heterocycles. The quantitative estimate of drug-likeness (QED) is 0.817. The first-order chi connectivity index (χ1) is 11.8. The van der Waals surface area contributed by atoms with Crippen LogP contribution in [0.15, 0.2) is 24.5 Å². The summed E-state index contributed by atoms with van der Waals surface area (Å²) in [6, 6.07) is 3.43. The van der Waals surface area contributed by atoms with Crippen molar-refractivity contribution in [1.29, 1.82) is 0 Å². The fourth-order valence-corrected chi connectivity index (χ4v) is 3.16. The second-order valence-corrected chi connectivity index (χ2v) is 6.11. The molecule has 130 valence electrons. The van der Waals surface area contributed by atoms with Crippen molar-refractivity contribution in [2.45, 2.75) is 18.9 Å². The highest BCUT2D eigenvalue weighted by Gasteiger charge is 2.34.